The Bertz CT molecular complexity index is 1160. The molecule has 0 saturated carbocycles. The molecule has 192 valence electrons. The van der Waals surface area contributed by atoms with E-state index in [1.165, 1.54) is 25.2 Å². The molecule has 2 unspecified atom stereocenters. The lowest BCUT2D eigenvalue weighted by molar-refractivity contribution is -0.136. The zero-order valence-corrected chi connectivity index (χ0v) is 20.8. The molecule has 3 amide bonds. The predicted molar refractivity (Wildman–Crippen MR) is 129 cm³/mol. The van der Waals surface area contributed by atoms with Gasteiger partial charge in [0.1, 0.15) is 5.82 Å². The molecule has 0 aromatic heterocycles. The lowest BCUT2D eigenvalue weighted by atomic mass is 9.78. The Morgan fingerprint density at radius 1 is 0.972 bits per heavy atom. The molecule has 2 aromatic rings. The van der Waals surface area contributed by atoms with Crippen molar-refractivity contribution in [3.63, 3.8) is 0 Å². The van der Waals surface area contributed by atoms with Crippen LogP contribution in [0.15, 0.2) is 36.4 Å². The van der Waals surface area contributed by atoms with Crippen LogP contribution in [0.2, 0.25) is 0 Å². The second-order valence-corrected chi connectivity index (χ2v) is 8.67. The first-order valence-corrected chi connectivity index (χ1v) is 11.8. The Hall–Kier alpha value is -3.82. The molecule has 2 heterocycles. The summed E-state index contributed by atoms with van der Waals surface area (Å²) >= 11 is 0. The minimum absolute atomic E-state index is 0.247. The highest BCUT2D eigenvalue weighted by atomic mass is 19.1. The van der Waals surface area contributed by atoms with Crippen molar-refractivity contribution in [2.45, 2.75) is 18.9 Å². The monoisotopic (exact) mass is 499 g/mol. The maximum absolute atomic E-state index is 15.0. The first-order chi connectivity index (χ1) is 17.3. The molecule has 2 atom stereocenters. The van der Waals surface area contributed by atoms with Crippen LogP contribution in [0.3, 0.4) is 0 Å². The molecule has 0 N–H and O–H groups in total. The van der Waals surface area contributed by atoms with Gasteiger partial charge in [-0.15, -0.1) is 0 Å². The van der Waals surface area contributed by atoms with Crippen LogP contribution in [0.1, 0.15) is 40.4 Å². The number of rotatable bonds is 5. The van der Waals surface area contributed by atoms with E-state index in [2.05, 4.69) is 0 Å². The first kappa shape index (κ1) is 25.3. The van der Waals surface area contributed by atoms with Crippen LogP contribution < -0.4 is 9.47 Å². The number of likely N-dealkylation sites (N-methyl/N-ethyl adjacent to an activating group) is 1. The number of amides is 3. The third kappa shape index (κ3) is 4.43. The van der Waals surface area contributed by atoms with E-state index in [1.807, 2.05) is 0 Å². The van der Waals surface area contributed by atoms with Gasteiger partial charge in [-0.25, -0.2) is 9.18 Å². The van der Waals surface area contributed by atoms with Gasteiger partial charge in [0.25, 0.3) is 5.91 Å². The van der Waals surface area contributed by atoms with Gasteiger partial charge in [0.15, 0.2) is 11.5 Å². The minimum Gasteiger partial charge on any atom is -0.493 e. The molecule has 0 aliphatic carbocycles. The third-order valence-corrected chi connectivity index (χ3v) is 6.78. The van der Waals surface area contributed by atoms with E-state index in [-0.39, 0.29) is 24.0 Å². The summed E-state index contributed by atoms with van der Waals surface area (Å²) in [5, 5.41) is 0. The maximum Gasteiger partial charge on any atom is 0.409 e. The minimum atomic E-state index is -0.895. The normalized spacial score (nSPS) is 19.6. The molecule has 4 rings (SSSR count). The third-order valence-electron chi connectivity index (χ3n) is 6.78. The van der Waals surface area contributed by atoms with Gasteiger partial charge in [-0.2, -0.15) is 0 Å². The van der Waals surface area contributed by atoms with Crippen molar-refractivity contribution < 1.29 is 33.0 Å². The Morgan fingerprint density at radius 2 is 1.58 bits per heavy atom. The van der Waals surface area contributed by atoms with Crippen molar-refractivity contribution >= 4 is 17.9 Å². The van der Waals surface area contributed by atoms with E-state index in [1.54, 1.807) is 54.1 Å². The molecule has 0 spiro atoms. The molecule has 2 aromatic carbocycles. The zero-order valence-electron chi connectivity index (χ0n) is 20.8. The number of nitrogens with zero attached hydrogens (tertiary/aromatic N) is 3. The summed E-state index contributed by atoms with van der Waals surface area (Å²) in [6.45, 7) is 3.22. The van der Waals surface area contributed by atoms with E-state index >= 15 is 4.39 Å². The van der Waals surface area contributed by atoms with Crippen molar-refractivity contribution in [2.75, 3.05) is 54.1 Å². The lowest BCUT2D eigenvalue weighted by Gasteiger charge is -2.43. The van der Waals surface area contributed by atoms with Crippen molar-refractivity contribution in [3.05, 3.63) is 58.9 Å². The largest absolute Gasteiger partial charge is 0.493 e. The highest BCUT2D eigenvalue weighted by Gasteiger charge is 2.46. The van der Waals surface area contributed by atoms with Gasteiger partial charge < -0.3 is 28.9 Å². The fourth-order valence-electron chi connectivity index (χ4n) is 4.94. The van der Waals surface area contributed by atoms with E-state index in [0.717, 1.165) is 0 Å². The molecule has 2 aliphatic heterocycles. The van der Waals surface area contributed by atoms with E-state index in [4.69, 9.17) is 14.2 Å². The molecule has 0 radical (unpaired) electrons. The number of methoxy groups -OCH3 is 2. The first-order valence-electron chi connectivity index (χ1n) is 11.8. The number of benzene rings is 2. The maximum atomic E-state index is 15.0. The topological polar surface area (TPSA) is 88.6 Å². The average molecular weight is 500 g/mol. The summed E-state index contributed by atoms with van der Waals surface area (Å²) in [4.78, 5) is 44.2. The van der Waals surface area contributed by atoms with Gasteiger partial charge in [0, 0.05) is 44.4 Å². The van der Waals surface area contributed by atoms with Gasteiger partial charge in [-0.05, 0) is 30.7 Å². The van der Waals surface area contributed by atoms with Gasteiger partial charge in [0.2, 0.25) is 5.91 Å². The van der Waals surface area contributed by atoms with Gasteiger partial charge >= 0.3 is 6.09 Å². The molecule has 1 saturated heterocycles. The number of hydrogen-bond donors (Lipinski definition) is 0. The highest BCUT2D eigenvalue weighted by Crippen LogP contribution is 2.46. The zero-order chi connectivity index (χ0) is 26.0. The van der Waals surface area contributed by atoms with E-state index in [0.29, 0.717) is 48.8 Å². The van der Waals surface area contributed by atoms with Crippen LogP contribution in [0, 0.1) is 5.82 Å². The van der Waals surface area contributed by atoms with Crippen LogP contribution in [0.25, 0.3) is 0 Å². The lowest BCUT2D eigenvalue weighted by Crippen LogP contribution is -2.54. The van der Waals surface area contributed by atoms with Gasteiger partial charge in [-0.1, -0.05) is 18.2 Å². The molecular weight excluding hydrogens is 469 g/mol. The van der Waals surface area contributed by atoms with Crippen LogP contribution in [0.4, 0.5) is 9.18 Å². The van der Waals surface area contributed by atoms with Crippen LogP contribution in [-0.2, 0) is 9.53 Å². The SMILES string of the molecule is CCOC(=O)N1CCN(C(=O)C2c3cc(OC)c(OC)cc3C(=O)N(C)C2c2ccccc2F)CC1. The number of carbonyl (C=O) groups is 3. The summed E-state index contributed by atoms with van der Waals surface area (Å²) in [7, 11) is 4.51. The van der Waals surface area contributed by atoms with Crippen LogP contribution >= 0.6 is 0 Å². The number of halogens is 1. The smallest absolute Gasteiger partial charge is 0.409 e. The number of piperazine rings is 1. The quantitative estimate of drug-likeness (QED) is 0.629. The summed E-state index contributed by atoms with van der Waals surface area (Å²) in [6, 6.07) is 8.47. The number of ether oxygens (including phenoxy) is 3. The molecule has 9 nitrogen and oxygen atoms in total. The standard InChI is InChI=1S/C26H30FN3O6/c1-5-36-26(33)30-12-10-29(11-13-30)25(32)22-17-14-20(34-3)21(35-4)15-18(17)24(31)28(2)23(22)16-8-6-7-9-19(16)27/h6-9,14-15,22-23H,5,10-13H2,1-4H3. The van der Waals surface area contributed by atoms with Crippen molar-refractivity contribution in [2.24, 2.45) is 0 Å². The highest BCUT2D eigenvalue weighted by molar-refractivity contribution is 6.02. The Kier molecular flexibility index (Phi) is 7.32. The van der Waals surface area contributed by atoms with Gasteiger partial charge in [-0.3, -0.25) is 9.59 Å². The Labute approximate surface area is 209 Å². The van der Waals surface area contributed by atoms with E-state index < -0.39 is 23.9 Å². The molecule has 0 bridgehead atoms. The Balaban J connectivity index is 1.77. The predicted octanol–water partition coefficient (Wildman–Crippen LogP) is 3.05. The van der Waals surface area contributed by atoms with Crippen molar-refractivity contribution in [1.82, 2.24) is 14.7 Å². The molecule has 10 heteroatoms. The average Bonchev–Trinajstić information content (AvgIpc) is 2.90. The number of fused-ring (bicyclic) bond motifs is 1. The molecular formula is C26H30FN3O6. The van der Waals surface area contributed by atoms with E-state index in [9.17, 15) is 14.4 Å². The second kappa shape index (κ2) is 10.4. The fraction of sp³-hybridized carbons (Fsp3) is 0.423. The molecule has 2 aliphatic rings. The fourth-order valence-corrected chi connectivity index (χ4v) is 4.94. The van der Waals surface area contributed by atoms with Gasteiger partial charge in [0.05, 0.1) is 32.8 Å². The molecule has 36 heavy (non-hydrogen) atoms. The van der Waals surface area contributed by atoms with Crippen molar-refractivity contribution in [3.8, 4) is 11.5 Å². The van der Waals surface area contributed by atoms with Crippen molar-refractivity contribution in [1.29, 1.82) is 0 Å². The summed E-state index contributed by atoms with van der Waals surface area (Å²) in [5.41, 5.74) is 0.991. The summed E-state index contributed by atoms with van der Waals surface area (Å²) in [5.74, 6) is -1.29. The number of carbonyl (C=O) groups excluding carboxylic acids is 3. The summed E-state index contributed by atoms with van der Waals surface area (Å²) < 4.78 is 31.0. The summed E-state index contributed by atoms with van der Waals surface area (Å²) in [6.07, 6.45) is -0.418. The van der Waals surface area contributed by atoms with Crippen LogP contribution in [0.5, 0.6) is 11.5 Å². The molecule has 1 fully saturated rings. The second-order valence-electron chi connectivity index (χ2n) is 8.67. The Morgan fingerprint density at radius 3 is 2.19 bits per heavy atom. The van der Waals surface area contributed by atoms with Crippen LogP contribution in [-0.4, -0.2) is 86.7 Å². The number of hydrogen-bond acceptors (Lipinski definition) is 6.